The average molecular weight is 399 g/mol. The molecule has 9 heteroatoms. The van der Waals surface area contributed by atoms with Gasteiger partial charge in [0, 0.05) is 35.9 Å². The molecule has 8 nitrogen and oxygen atoms in total. The van der Waals surface area contributed by atoms with Gasteiger partial charge in [0.2, 0.25) is 5.88 Å². The molecule has 0 aliphatic heterocycles. The topological polar surface area (TPSA) is 109 Å². The van der Waals surface area contributed by atoms with E-state index in [-0.39, 0.29) is 17.2 Å². The van der Waals surface area contributed by atoms with Crippen LogP contribution < -0.4 is 16.0 Å². The highest BCUT2D eigenvalue weighted by atomic mass is 32.1. The monoisotopic (exact) mass is 399 g/mol. The summed E-state index contributed by atoms with van der Waals surface area (Å²) in [5.74, 6) is 0.0615. The average Bonchev–Trinajstić information content (AvgIpc) is 3.30. The second kappa shape index (κ2) is 7.81. The summed E-state index contributed by atoms with van der Waals surface area (Å²) in [5, 5.41) is 14.4. The van der Waals surface area contributed by atoms with Crippen LogP contribution >= 0.6 is 11.3 Å². The Morgan fingerprint density at radius 3 is 2.61 bits per heavy atom. The Morgan fingerprint density at radius 1 is 1.14 bits per heavy atom. The molecule has 0 atom stereocenters. The van der Waals surface area contributed by atoms with Crippen LogP contribution in [0.15, 0.2) is 40.4 Å². The molecule has 0 radical (unpaired) electrons. The molecule has 0 saturated heterocycles. The Bertz CT molecular complexity index is 1000. The van der Waals surface area contributed by atoms with E-state index in [0.29, 0.717) is 16.3 Å². The molecule has 0 bridgehead atoms. The first-order chi connectivity index (χ1) is 13.3. The Labute approximate surface area is 166 Å². The normalized spacial score (nSPS) is 11.1. The molecule has 28 heavy (non-hydrogen) atoms. The summed E-state index contributed by atoms with van der Waals surface area (Å²) in [6.45, 7) is 6.02. The quantitative estimate of drug-likeness (QED) is 0.612. The highest BCUT2D eigenvalue weighted by molar-refractivity contribution is 7.15. The Kier molecular flexibility index (Phi) is 5.46. The summed E-state index contributed by atoms with van der Waals surface area (Å²) in [6.07, 6.45) is 1.56. The maximum absolute atomic E-state index is 12.4. The van der Waals surface area contributed by atoms with Crippen molar-refractivity contribution in [1.82, 2.24) is 15.5 Å². The molecule has 3 aromatic heterocycles. The van der Waals surface area contributed by atoms with Crippen LogP contribution in [0.25, 0.3) is 11.3 Å². The van der Waals surface area contributed by atoms with Gasteiger partial charge in [0.15, 0.2) is 0 Å². The zero-order valence-corrected chi connectivity index (χ0v) is 16.8. The summed E-state index contributed by atoms with van der Waals surface area (Å²) in [5.41, 5.74) is 2.37. The molecule has 0 saturated carbocycles. The molecule has 0 unspecified atom stereocenters. The van der Waals surface area contributed by atoms with E-state index in [1.807, 2.05) is 32.2 Å². The number of hydrogen-bond acceptors (Lipinski definition) is 6. The van der Waals surface area contributed by atoms with Gasteiger partial charge >= 0.3 is 6.03 Å². The highest BCUT2D eigenvalue weighted by Gasteiger charge is 2.20. The van der Waals surface area contributed by atoms with E-state index in [0.717, 1.165) is 11.3 Å². The van der Waals surface area contributed by atoms with E-state index in [1.165, 1.54) is 11.3 Å². The summed E-state index contributed by atoms with van der Waals surface area (Å²) >= 11 is 1.35. The number of anilines is 2. The predicted octanol–water partition coefficient (Wildman–Crippen LogP) is 4.10. The number of thiophene rings is 1. The van der Waals surface area contributed by atoms with Crippen LogP contribution in [0.1, 0.15) is 36.8 Å². The minimum atomic E-state index is -0.456. The van der Waals surface area contributed by atoms with Gasteiger partial charge in [-0.25, -0.2) is 4.79 Å². The Balaban J connectivity index is 1.75. The van der Waals surface area contributed by atoms with Crippen LogP contribution in [0.4, 0.5) is 15.7 Å². The van der Waals surface area contributed by atoms with Crippen molar-refractivity contribution < 1.29 is 14.1 Å². The molecule has 3 heterocycles. The summed E-state index contributed by atoms with van der Waals surface area (Å²) < 4.78 is 5.17. The lowest BCUT2D eigenvalue weighted by molar-refractivity contribution is 0.0963. The molecule has 146 valence electrons. The SMILES string of the molecule is CNC(=O)c1ccnc(-c2ccsc2NC(=O)Nc2cc(C(C)(C)C)no2)c1. The van der Waals surface area contributed by atoms with E-state index in [9.17, 15) is 9.59 Å². The van der Waals surface area contributed by atoms with Gasteiger partial charge in [0.05, 0.1) is 11.4 Å². The minimum Gasteiger partial charge on any atom is -0.355 e. The fraction of sp³-hybridized carbons (Fsp3) is 0.263. The third kappa shape index (κ3) is 4.37. The number of nitrogens with one attached hydrogen (secondary N) is 3. The van der Waals surface area contributed by atoms with Crippen molar-refractivity contribution in [3.05, 3.63) is 47.1 Å². The van der Waals surface area contributed by atoms with Gasteiger partial charge in [-0.15, -0.1) is 11.3 Å². The second-order valence-electron chi connectivity index (χ2n) is 7.08. The summed E-state index contributed by atoms with van der Waals surface area (Å²) in [7, 11) is 1.57. The highest BCUT2D eigenvalue weighted by Crippen LogP contribution is 2.32. The molecular formula is C19H21N5O3S. The summed E-state index contributed by atoms with van der Waals surface area (Å²) in [6, 6.07) is 6.38. The lowest BCUT2D eigenvalue weighted by Gasteiger charge is -2.12. The van der Waals surface area contributed by atoms with E-state index >= 15 is 0 Å². The maximum Gasteiger partial charge on any atom is 0.326 e. The smallest absolute Gasteiger partial charge is 0.326 e. The molecule has 0 aromatic carbocycles. The van der Waals surface area contributed by atoms with Gasteiger partial charge in [-0.1, -0.05) is 25.9 Å². The molecule has 0 fully saturated rings. The third-order valence-corrected chi connectivity index (χ3v) is 4.76. The van der Waals surface area contributed by atoms with Crippen LogP contribution in [0.5, 0.6) is 0 Å². The maximum atomic E-state index is 12.4. The number of pyridine rings is 1. The van der Waals surface area contributed by atoms with Crippen LogP contribution in [-0.2, 0) is 5.41 Å². The number of carbonyl (C=O) groups is 2. The fourth-order valence-electron chi connectivity index (χ4n) is 2.41. The first kappa shape index (κ1) is 19.6. The van der Waals surface area contributed by atoms with Crippen LogP contribution in [0.2, 0.25) is 0 Å². The van der Waals surface area contributed by atoms with E-state index in [2.05, 4.69) is 26.1 Å². The van der Waals surface area contributed by atoms with Crippen molar-refractivity contribution in [2.24, 2.45) is 0 Å². The number of amides is 3. The van der Waals surface area contributed by atoms with Crippen LogP contribution in [0, 0.1) is 0 Å². The lowest BCUT2D eigenvalue weighted by atomic mass is 9.92. The number of nitrogens with zero attached hydrogens (tertiary/aromatic N) is 2. The lowest BCUT2D eigenvalue weighted by Crippen LogP contribution is -2.19. The van der Waals surface area contributed by atoms with Crippen molar-refractivity contribution in [2.45, 2.75) is 26.2 Å². The van der Waals surface area contributed by atoms with Crippen molar-refractivity contribution in [1.29, 1.82) is 0 Å². The van der Waals surface area contributed by atoms with Crippen molar-refractivity contribution in [3.63, 3.8) is 0 Å². The van der Waals surface area contributed by atoms with Crippen molar-refractivity contribution >= 4 is 34.2 Å². The molecule has 3 N–H and O–H groups in total. The van der Waals surface area contributed by atoms with E-state index in [1.54, 1.807) is 31.4 Å². The summed E-state index contributed by atoms with van der Waals surface area (Å²) in [4.78, 5) is 28.5. The zero-order valence-electron chi connectivity index (χ0n) is 16.0. The number of urea groups is 1. The van der Waals surface area contributed by atoms with Gasteiger partial charge in [0.1, 0.15) is 5.00 Å². The standard InChI is InChI=1S/C19H21N5O3S/c1-19(2,3)14-10-15(27-24-14)22-18(26)23-17-12(6-8-28-17)13-9-11(5-7-21-13)16(25)20-4/h5-10H,1-4H3,(H,20,25)(H2,22,23,26). The second-order valence-corrected chi connectivity index (χ2v) is 7.99. The predicted molar refractivity (Wildman–Crippen MR) is 109 cm³/mol. The molecule has 3 amide bonds. The molecule has 0 aliphatic carbocycles. The van der Waals surface area contributed by atoms with Crippen molar-refractivity contribution in [3.8, 4) is 11.3 Å². The molecule has 0 aliphatic rings. The van der Waals surface area contributed by atoms with Crippen LogP contribution in [0.3, 0.4) is 0 Å². The van der Waals surface area contributed by atoms with E-state index in [4.69, 9.17) is 4.52 Å². The van der Waals surface area contributed by atoms with Gasteiger partial charge in [-0.2, -0.15) is 0 Å². The molecule has 0 spiro atoms. The van der Waals surface area contributed by atoms with E-state index < -0.39 is 6.03 Å². The van der Waals surface area contributed by atoms with Gasteiger partial charge in [0.25, 0.3) is 5.91 Å². The first-order valence-electron chi connectivity index (χ1n) is 8.59. The zero-order chi connectivity index (χ0) is 20.3. The third-order valence-electron chi connectivity index (χ3n) is 3.93. The molecular weight excluding hydrogens is 378 g/mol. The van der Waals surface area contributed by atoms with Crippen LogP contribution in [-0.4, -0.2) is 29.1 Å². The fourth-order valence-corrected chi connectivity index (χ4v) is 3.20. The first-order valence-corrected chi connectivity index (χ1v) is 9.47. The largest absolute Gasteiger partial charge is 0.355 e. The Morgan fingerprint density at radius 2 is 1.93 bits per heavy atom. The van der Waals surface area contributed by atoms with Gasteiger partial charge in [-0.3, -0.25) is 20.4 Å². The molecule has 3 aromatic rings. The number of hydrogen-bond donors (Lipinski definition) is 3. The van der Waals surface area contributed by atoms with Gasteiger partial charge < -0.3 is 9.84 Å². The Hall–Kier alpha value is -3.20. The minimum absolute atomic E-state index is 0.178. The molecule has 3 rings (SSSR count). The van der Waals surface area contributed by atoms with Crippen molar-refractivity contribution in [2.75, 3.05) is 17.7 Å². The number of rotatable bonds is 4. The number of aromatic nitrogens is 2. The van der Waals surface area contributed by atoms with Gasteiger partial charge in [-0.05, 0) is 23.6 Å². The number of carbonyl (C=O) groups excluding carboxylic acids is 2.